The van der Waals surface area contributed by atoms with Gasteiger partial charge in [0.05, 0.1) is 5.69 Å². The Morgan fingerprint density at radius 1 is 1.36 bits per heavy atom. The van der Waals surface area contributed by atoms with Crippen LogP contribution < -0.4 is 15.8 Å². The summed E-state index contributed by atoms with van der Waals surface area (Å²) in [4.78, 5) is 33.5. The molecule has 8 heteroatoms. The van der Waals surface area contributed by atoms with Gasteiger partial charge in [-0.1, -0.05) is 0 Å². The van der Waals surface area contributed by atoms with Gasteiger partial charge in [-0.25, -0.2) is 4.98 Å². The predicted octanol–water partition coefficient (Wildman–Crippen LogP) is 1.00. The molecule has 0 bridgehead atoms. The molecule has 1 fully saturated rings. The molecule has 1 unspecified atom stereocenters. The zero-order valence-electron chi connectivity index (χ0n) is 14.9. The Morgan fingerprint density at radius 3 is 2.88 bits per heavy atom. The third-order valence-corrected chi connectivity index (χ3v) is 4.35. The average molecular weight is 344 g/mol. The van der Waals surface area contributed by atoms with E-state index in [0.29, 0.717) is 30.4 Å². The van der Waals surface area contributed by atoms with Crippen molar-refractivity contribution >= 4 is 11.9 Å². The molecule has 2 aromatic heterocycles. The summed E-state index contributed by atoms with van der Waals surface area (Å²) in [6.07, 6.45) is 1.83. The van der Waals surface area contributed by atoms with E-state index < -0.39 is 0 Å². The van der Waals surface area contributed by atoms with Crippen molar-refractivity contribution in [3.8, 4) is 0 Å². The van der Waals surface area contributed by atoms with Crippen LogP contribution in [0.1, 0.15) is 41.6 Å². The summed E-state index contributed by atoms with van der Waals surface area (Å²) >= 11 is 0. The molecule has 25 heavy (non-hydrogen) atoms. The molecule has 2 aromatic rings. The monoisotopic (exact) mass is 344 g/mol. The second-order valence-electron chi connectivity index (χ2n) is 6.46. The third-order valence-electron chi connectivity index (χ3n) is 4.35. The van der Waals surface area contributed by atoms with Gasteiger partial charge in [0.1, 0.15) is 5.69 Å². The van der Waals surface area contributed by atoms with Crippen LogP contribution >= 0.6 is 0 Å². The van der Waals surface area contributed by atoms with Crippen molar-refractivity contribution in [3.05, 3.63) is 39.6 Å². The van der Waals surface area contributed by atoms with Gasteiger partial charge in [0, 0.05) is 37.4 Å². The summed E-state index contributed by atoms with van der Waals surface area (Å²) in [5, 5.41) is 7.41. The number of aryl methyl sites for hydroxylation is 3. The maximum absolute atomic E-state index is 12.6. The Labute approximate surface area is 146 Å². The van der Waals surface area contributed by atoms with Crippen molar-refractivity contribution in [2.75, 3.05) is 18.0 Å². The molecule has 1 amide bonds. The fourth-order valence-electron chi connectivity index (χ4n) is 3.23. The first kappa shape index (κ1) is 17.2. The van der Waals surface area contributed by atoms with Gasteiger partial charge in [-0.2, -0.15) is 5.10 Å². The fourth-order valence-corrected chi connectivity index (χ4v) is 3.23. The highest BCUT2D eigenvalue weighted by molar-refractivity contribution is 5.92. The number of carbonyl (C=O) groups excluding carboxylic acids is 1. The standard InChI is InChI=1S/C17H24N6O2/c1-4-23-14(8-12(3)21-23)16(25)19-13-6-5-7-22(10-13)17-18-11(2)9-15(24)20-17/h8-9,13H,4-7,10H2,1-3H3,(H,19,25)(H,18,20,24). The largest absolute Gasteiger partial charge is 0.346 e. The molecule has 0 aliphatic carbocycles. The van der Waals surface area contributed by atoms with E-state index in [1.165, 1.54) is 6.07 Å². The van der Waals surface area contributed by atoms with Crippen LogP contribution in [-0.2, 0) is 6.54 Å². The summed E-state index contributed by atoms with van der Waals surface area (Å²) in [5.74, 6) is 0.457. The molecular weight excluding hydrogens is 320 g/mol. The van der Waals surface area contributed by atoms with Crippen molar-refractivity contribution in [2.45, 2.75) is 46.2 Å². The van der Waals surface area contributed by atoms with Crippen molar-refractivity contribution in [3.63, 3.8) is 0 Å². The van der Waals surface area contributed by atoms with Crippen LogP contribution in [0.3, 0.4) is 0 Å². The molecule has 1 aliphatic rings. The Balaban J connectivity index is 1.71. The number of nitrogens with zero attached hydrogens (tertiary/aromatic N) is 4. The maximum Gasteiger partial charge on any atom is 0.269 e. The lowest BCUT2D eigenvalue weighted by molar-refractivity contribution is 0.0922. The Hall–Kier alpha value is -2.64. The number of rotatable bonds is 4. The molecule has 134 valence electrons. The van der Waals surface area contributed by atoms with Crippen LogP contribution in [0.5, 0.6) is 0 Å². The summed E-state index contributed by atoms with van der Waals surface area (Å²) in [6.45, 7) is 7.73. The normalized spacial score (nSPS) is 17.6. The van der Waals surface area contributed by atoms with Gasteiger partial charge in [0.2, 0.25) is 5.95 Å². The number of nitrogens with one attached hydrogen (secondary N) is 2. The molecule has 0 saturated carbocycles. The molecule has 0 aromatic carbocycles. The van der Waals surface area contributed by atoms with E-state index in [9.17, 15) is 9.59 Å². The van der Waals surface area contributed by atoms with Crippen molar-refractivity contribution in [1.29, 1.82) is 0 Å². The van der Waals surface area contributed by atoms with Crippen LogP contribution in [0.2, 0.25) is 0 Å². The van der Waals surface area contributed by atoms with E-state index in [2.05, 4.69) is 20.4 Å². The van der Waals surface area contributed by atoms with Crippen LogP contribution in [0.25, 0.3) is 0 Å². The highest BCUT2D eigenvalue weighted by Crippen LogP contribution is 2.16. The first-order valence-electron chi connectivity index (χ1n) is 8.64. The number of aromatic nitrogens is 4. The smallest absolute Gasteiger partial charge is 0.269 e. The molecule has 1 saturated heterocycles. The van der Waals surface area contributed by atoms with Gasteiger partial charge in [0.15, 0.2) is 0 Å². The van der Waals surface area contributed by atoms with E-state index in [1.807, 2.05) is 18.7 Å². The summed E-state index contributed by atoms with van der Waals surface area (Å²) < 4.78 is 1.71. The molecular formula is C17H24N6O2. The van der Waals surface area contributed by atoms with Gasteiger partial charge in [-0.3, -0.25) is 19.3 Å². The topological polar surface area (TPSA) is 95.9 Å². The zero-order valence-corrected chi connectivity index (χ0v) is 14.9. The number of hydrogen-bond donors (Lipinski definition) is 2. The Kier molecular flexibility index (Phi) is 4.87. The van der Waals surface area contributed by atoms with E-state index in [0.717, 1.165) is 25.1 Å². The SMILES string of the molecule is CCn1nc(C)cc1C(=O)NC1CCCN(c2nc(C)cc(=O)[nH]2)C1. The van der Waals surface area contributed by atoms with Crippen molar-refractivity contribution < 1.29 is 4.79 Å². The number of anilines is 1. The first-order chi connectivity index (χ1) is 12.0. The van der Waals surface area contributed by atoms with Gasteiger partial charge >= 0.3 is 0 Å². The fraction of sp³-hybridized carbons (Fsp3) is 0.529. The third kappa shape index (κ3) is 3.89. The van der Waals surface area contributed by atoms with E-state index in [-0.39, 0.29) is 17.5 Å². The number of amides is 1. The molecule has 0 spiro atoms. The minimum atomic E-state index is -0.156. The molecule has 3 rings (SSSR count). The van der Waals surface area contributed by atoms with E-state index >= 15 is 0 Å². The van der Waals surface area contributed by atoms with Crippen LogP contribution in [0.4, 0.5) is 5.95 Å². The van der Waals surface area contributed by atoms with Crippen LogP contribution in [0, 0.1) is 13.8 Å². The Morgan fingerprint density at radius 2 is 2.16 bits per heavy atom. The highest BCUT2D eigenvalue weighted by Gasteiger charge is 2.24. The molecule has 3 heterocycles. The number of aromatic amines is 1. The first-order valence-corrected chi connectivity index (χ1v) is 8.64. The molecule has 0 radical (unpaired) electrons. The van der Waals surface area contributed by atoms with Crippen LogP contribution in [0.15, 0.2) is 16.9 Å². The van der Waals surface area contributed by atoms with E-state index in [1.54, 1.807) is 17.7 Å². The number of carbonyl (C=O) groups is 1. The molecule has 2 N–H and O–H groups in total. The molecule has 1 aliphatic heterocycles. The minimum absolute atomic E-state index is 0.00702. The van der Waals surface area contributed by atoms with Gasteiger partial charge in [0.25, 0.3) is 11.5 Å². The van der Waals surface area contributed by atoms with Gasteiger partial charge in [-0.15, -0.1) is 0 Å². The van der Waals surface area contributed by atoms with E-state index in [4.69, 9.17) is 0 Å². The lowest BCUT2D eigenvalue weighted by atomic mass is 10.1. The summed E-state index contributed by atoms with van der Waals surface area (Å²) in [7, 11) is 0. The average Bonchev–Trinajstić information content (AvgIpc) is 2.95. The second kappa shape index (κ2) is 7.08. The van der Waals surface area contributed by atoms with Gasteiger partial charge in [-0.05, 0) is 39.7 Å². The quantitative estimate of drug-likeness (QED) is 0.863. The second-order valence-corrected chi connectivity index (χ2v) is 6.46. The number of piperidine rings is 1. The number of hydrogen-bond acceptors (Lipinski definition) is 5. The summed E-state index contributed by atoms with van der Waals surface area (Å²) in [6, 6.07) is 3.28. The molecule has 1 atom stereocenters. The maximum atomic E-state index is 12.6. The van der Waals surface area contributed by atoms with Crippen molar-refractivity contribution in [2.24, 2.45) is 0 Å². The Bertz CT molecular complexity index is 825. The van der Waals surface area contributed by atoms with Crippen molar-refractivity contribution in [1.82, 2.24) is 25.1 Å². The lowest BCUT2D eigenvalue weighted by Crippen LogP contribution is -2.49. The minimum Gasteiger partial charge on any atom is -0.346 e. The lowest BCUT2D eigenvalue weighted by Gasteiger charge is -2.33. The molecule has 8 nitrogen and oxygen atoms in total. The number of H-pyrrole nitrogens is 1. The summed E-state index contributed by atoms with van der Waals surface area (Å²) in [5.41, 5.74) is 1.95. The zero-order chi connectivity index (χ0) is 18.0. The predicted molar refractivity (Wildman–Crippen MR) is 94.9 cm³/mol. The highest BCUT2D eigenvalue weighted by atomic mass is 16.2. The van der Waals surface area contributed by atoms with Gasteiger partial charge < -0.3 is 10.2 Å². The van der Waals surface area contributed by atoms with Crippen LogP contribution in [-0.4, -0.2) is 44.8 Å².